The van der Waals surface area contributed by atoms with Crippen LogP contribution in [0.2, 0.25) is 0 Å². The topological polar surface area (TPSA) is 72.5 Å². The van der Waals surface area contributed by atoms with E-state index in [1.165, 1.54) is 19.1 Å². The van der Waals surface area contributed by atoms with Gasteiger partial charge in [-0.2, -0.15) is 0 Å². The van der Waals surface area contributed by atoms with Crippen LogP contribution in [-0.2, 0) is 10.0 Å². The zero-order valence-corrected chi connectivity index (χ0v) is 13.9. The number of Topliss-reactive ketones (excluding diaryl/α,β-unsaturated/α-hetero) is 1. The van der Waals surface area contributed by atoms with Crippen molar-refractivity contribution in [1.82, 2.24) is 0 Å². The van der Waals surface area contributed by atoms with Crippen LogP contribution in [0.3, 0.4) is 0 Å². The molecular weight excluding hydrogens is 314 g/mol. The molecule has 0 unspecified atom stereocenters. The molecule has 0 saturated heterocycles. The van der Waals surface area contributed by atoms with Gasteiger partial charge in [-0.1, -0.05) is 6.92 Å². The summed E-state index contributed by atoms with van der Waals surface area (Å²) >= 11 is 0. The number of rotatable bonds is 7. The van der Waals surface area contributed by atoms with Crippen molar-refractivity contribution in [3.05, 3.63) is 54.1 Å². The Morgan fingerprint density at radius 1 is 1.04 bits per heavy atom. The summed E-state index contributed by atoms with van der Waals surface area (Å²) in [7, 11) is -3.67. The molecule has 0 amide bonds. The number of ketones is 1. The van der Waals surface area contributed by atoms with Gasteiger partial charge in [0.15, 0.2) is 5.78 Å². The molecule has 0 spiro atoms. The van der Waals surface area contributed by atoms with Crippen molar-refractivity contribution in [3.8, 4) is 5.75 Å². The van der Waals surface area contributed by atoms with Gasteiger partial charge in [-0.25, -0.2) is 8.42 Å². The van der Waals surface area contributed by atoms with E-state index >= 15 is 0 Å². The van der Waals surface area contributed by atoms with Crippen molar-refractivity contribution in [3.63, 3.8) is 0 Å². The van der Waals surface area contributed by atoms with Crippen molar-refractivity contribution < 1.29 is 17.9 Å². The van der Waals surface area contributed by atoms with E-state index < -0.39 is 10.0 Å². The summed E-state index contributed by atoms with van der Waals surface area (Å²) in [6.07, 6.45) is 0.887. The molecule has 0 aliphatic carbocycles. The van der Waals surface area contributed by atoms with Crippen molar-refractivity contribution >= 4 is 21.5 Å². The van der Waals surface area contributed by atoms with Crippen LogP contribution in [0, 0.1) is 0 Å². The Labute approximate surface area is 136 Å². The van der Waals surface area contributed by atoms with Gasteiger partial charge in [0.2, 0.25) is 0 Å². The van der Waals surface area contributed by atoms with Gasteiger partial charge in [-0.3, -0.25) is 9.52 Å². The fourth-order valence-corrected chi connectivity index (χ4v) is 2.98. The van der Waals surface area contributed by atoms with Crippen molar-refractivity contribution in [1.29, 1.82) is 0 Å². The molecule has 6 heteroatoms. The molecule has 2 aromatic carbocycles. The smallest absolute Gasteiger partial charge is 0.261 e. The van der Waals surface area contributed by atoms with Gasteiger partial charge in [-0.15, -0.1) is 0 Å². The van der Waals surface area contributed by atoms with Crippen molar-refractivity contribution in [2.75, 3.05) is 11.3 Å². The van der Waals surface area contributed by atoms with Gasteiger partial charge < -0.3 is 4.74 Å². The Morgan fingerprint density at radius 2 is 1.65 bits per heavy atom. The maximum Gasteiger partial charge on any atom is 0.261 e. The molecule has 0 atom stereocenters. The van der Waals surface area contributed by atoms with Crippen LogP contribution in [0.1, 0.15) is 30.6 Å². The SMILES string of the molecule is CCCOc1ccc(S(=O)(=O)Nc2ccc(C(C)=O)cc2)cc1. The van der Waals surface area contributed by atoms with E-state index in [1.54, 1.807) is 36.4 Å². The van der Waals surface area contributed by atoms with Gasteiger partial charge in [0, 0.05) is 11.3 Å². The highest BCUT2D eigenvalue weighted by molar-refractivity contribution is 7.92. The third kappa shape index (κ3) is 4.56. The third-order valence-corrected chi connectivity index (χ3v) is 4.55. The fourth-order valence-electron chi connectivity index (χ4n) is 1.92. The van der Waals surface area contributed by atoms with Gasteiger partial charge in [0.1, 0.15) is 5.75 Å². The zero-order chi connectivity index (χ0) is 16.9. The minimum absolute atomic E-state index is 0.0675. The number of benzene rings is 2. The molecule has 0 bridgehead atoms. The van der Waals surface area contributed by atoms with E-state index in [0.29, 0.717) is 23.6 Å². The number of carbonyl (C=O) groups is 1. The maximum absolute atomic E-state index is 12.3. The zero-order valence-electron chi connectivity index (χ0n) is 13.1. The Bertz CT molecular complexity index is 765. The lowest BCUT2D eigenvalue weighted by molar-refractivity contribution is 0.101. The first-order valence-electron chi connectivity index (χ1n) is 7.29. The van der Waals surface area contributed by atoms with Gasteiger partial charge >= 0.3 is 0 Å². The second-order valence-corrected chi connectivity index (χ2v) is 6.74. The fraction of sp³-hybridized carbons (Fsp3) is 0.235. The number of carbonyl (C=O) groups excluding carboxylic acids is 1. The number of sulfonamides is 1. The first kappa shape index (κ1) is 17.0. The van der Waals surface area contributed by atoms with E-state index in [4.69, 9.17) is 4.74 Å². The van der Waals surface area contributed by atoms with Crippen LogP contribution in [0.15, 0.2) is 53.4 Å². The lowest BCUT2D eigenvalue weighted by Gasteiger charge is -2.09. The Hall–Kier alpha value is -2.34. The summed E-state index contributed by atoms with van der Waals surface area (Å²) in [5.74, 6) is 0.568. The van der Waals surface area contributed by atoms with Gasteiger partial charge in [-0.05, 0) is 61.9 Å². The minimum Gasteiger partial charge on any atom is -0.494 e. The van der Waals surface area contributed by atoms with Crippen molar-refractivity contribution in [2.24, 2.45) is 0 Å². The lowest BCUT2D eigenvalue weighted by Crippen LogP contribution is -2.13. The molecule has 1 N–H and O–H groups in total. The second kappa shape index (κ2) is 7.28. The second-order valence-electron chi connectivity index (χ2n) is 5.06. The standard InChI is InChI=1S/C17H19NO4S/c1-3-12-22-16-8-10-17(11-9-16)23(20,21)18-15-6-4-14(5-7-15)13(2)19/h4-11,18H,3,12H2,1-2H3. The lowest BCUT2D eigenvalue weighted by atomic mass is 10.1. The number of nitrogens with one attached hydrogen (secondary N) is 1. The summed E-state index contributed by atoms with van der Waals surface area (Å²) in [5, 5.41) is 0. The number of hydrogen-bond acceptors (Lipinski definition) is 4. The van der Waals surface area contributed by atoms with Crippen molar-refractivity contribution in [2.45, 2.75) is 25.2 Å². The highest BCUT2D eigenvalue weighted by Crippen LogP contribution is 2.20. The van der Waals surface area contributed by atoms with Gasteiger partial charge in [0.05, 0.1) is 11.5 Å². The van der Waals surface area contributed by atoms with Crippen LogP contribution in [0.4, 0.5) is 5.69 Å². The first-order chi connectivity index (χ1) is 10.9. The molecule has 0 fully saturated rings. The maximum atomic E-state index is 12.3. The summed E-state index contributed by atoms with van der Waals surface area (Å²) in [4.78, 5) is 11.4. The van der Waals surface area contributed by atoms with Crippen LogP contribution in [0.25, 0.3) is 0 Å². The predicted octanol–water partition coefficient (Wildman–Crippen LogP) is 3.48. The summed E-state index contributed by atoms with van der Waals surface area (Å²) in [6.45, 7) is 4.05. The molecule has 0 aliphatic rings. The van der Waals surface area contributed by atoms with Gasteiger partial charge in [0.25, 0.3) is 10.0 Å². The number of anilines is 1. The Kier molecular flexibility index (Phi) is 5.39. The Morgan fingerprint density at radius 3 is 2.17 bits per heavy atom. The van der Waals surface area contributed by atoms with Crippen LogP contribution in [-0.4, -0.2) is 20.8 Å². The molecule has 122 valence electrons. The highest BCUT2D eigenvalue weighted by atomic mass is 32.2. The summed E-state index contributed by atoms with van der Waals surface area (Å²) in [5.41, 5.74) is 0.937. The van der Waals surface area contributed by atoms with Crippen LogP contribution in [0.5, 0.6) is 5.75 Å². The average molecular weight is 333 g/mol. The highest BCUT2D eigenvalue weighted by Gasteiger charge is 2.14. The molecule has 2 aromatic rings. The van der Waals surface area contributed by atoms with E-state index in [-0.39, 0.29) is 10.7 Å². The summed E-state index contributed by atoms with van der Waals surface area (Å²) in [6, 6.07) is 12.5. The molecule has 5 nitrogen and oxygen atoms in total. The van der Waals surface area contributed by atoms with E-state index in [0.717, 1.165) is 6.42 Å². The number of ether oxygens (including phenoxy) is 1. The molecule has 0 heterocycles. The molecule has 0 aromatic heterocycles. The quantitative estimate of drug-likeness (QED) is 0.787. The minimum atomic E-state index is -3.67. The monoisotopic (exact) mass is 333 g/mol. The van der Waals surface area contributed by atoms with Crippen LogP contribution >= 0.6 is 0 Å². The van der Waals surface area contributed by atoms with E-state index in [1.807, 2.05) is 6.92 Å². The third-order valence-electron chi connectivity index (χ3n) is 3.15. The molecule has 0 radical (unpaired) electrons. The average Bonchev–Trinajstić information content (AvgIpc) is 2.53. The number of hydrogen-bond donors (Lipinski definition) is 1. The van der Waals surface area contributed by atoms with E-state index in [9.17, 15) is 13.2 Å². The predicted molar refractivity (Wildman–Crippen MR) is 89.5 cm³/mol. The molecule has 0 aliphatic heterocycles. The largest absolute Gasteiger partial charge is 0.494 e. The summed E-state index contributed by atoms with van der Waals surface area (Å²) < 4.78 is 32.6. The van der Waals surface area contributed by atoms with Crippen LogP contribution < -0.4 is 9.46 Å². The van der Waals surface area contributed by atoms with E-state index in [2.05, 4.69) is 4.72 Å². The molecular formula is C17H19NO4S. The molecule has 23 heavy (non-hydrogen) atoms. The normalized spacial score (nSPS) is 11.0. The first-order valence-corrected chi connectivity index (χ1v) is 8.77. The Balaban J connectivity index is 2.13. The molecule has 0 saturated carbocycles. The molecule has 2 rings (SSSR count).